The number of rotatable bonds is 20. The van der Waals surface area contributed by atoms with Gasteiger partial charge in [-0.3, -0.25) is 9.59 Å². The minimum absolute atomic E-state index is 0.0219. The van der Waals surface area contributed by atoms with Crippen molar-refractivity contribution in [2.45, 2.75) is 217 Å². The number of aryl methyl sites for hydroxylation is 4. The lowest BCUT2D eigenvalue weighted by Crippen LogP contribution is -2.28. The van der Waals surface area contributed by atoms with E-state index in [1.807, 2.05) is 0 Å². The van der Waals surface area contributed by atoms with Crippen molar-refractivity contribution in [3.05, 3.63) is 140 Å². The van der Waals surface area contributed by atoms with E-state index in [1.165, 1.54) is 231 Å². The topological polar surface area (TPSA) is 52.6 Å². The molecule has 0 spiro atoms. The summed E-state index contributed by atoms with van der Waals surface area (Å²) in [5.41, 5.74) is 28.1. The molecule has 8 atom stereocenters. The summed E-state index contributed by atoms with van der Waals surface area (Å²) >= 11 is 0. The Morgan fingerprint density at radius 2 is 0.637 bits per heavy atom. The van der Waals surface area contributed by atoms with Gasteiger partial charge in [-0.1, -0.05) is 153 Å². The number of carbonyl (C=O) groups excluding carboxylic acids is 2. The van der Waals surface area contributed by atoms with Gasteiger partial charge in [0.05, 0.1) is 12.8 Å². The van der Waals surface area contributed by atoms with Crippen LogP contribution in [-0.4, -0.2) is 11.9 Å². The first-order valence-electron chi connectivity index (χ1n) is 32.3. The second kappa shape index (κ2) is 18.1. The van der Waals surface area contributed by atoms with E-state index in [1.54, 1.807) is 0 Å². The van der Waals surface area contributed by atoms with E-state index in [0.717, 1.165) is 51.4 Å². The third-order valence-electron chi connectivity index (χ3n) is 22.6. The Morgan fingerprint density at radius 1 is 0.338 bits per heavy atom. The van der Waals surface area contributed by atoms with Crippen LogP contribution in [-0.2, 0) is 44.7 Å². The summed E-state index contributed by atoms with van der Waals surface area (Å²) < 4.78 is 14.3. The lowest BCUT2D eigenvalue weighted by molar-refractivity contribution is -0.149. The summed E-state index contributed by atoms with van der Waals surface area (Å²) in [6.45, 7) is 9.29. The van der Waals surface area contributed by atoms with Crippen molar-refractivity contribution in [1.82, 2.24) is 0 Å². The van der Waals surface area contributed by atoms with E-state index < -0.39 is 0 Å². The van der Waals surface area contributed by atoms with Gasteiger partial charge in [0.2, 0.25) is 0 Å². The van der Waals surface area contributed by atoms with Gasteiger partial charge in [-0.25, -0.2) is 0 Å². The lowest BCUT2D eigenvalue weighted by atomic mass is 9.62. The van der Waals surface area contributed by atoms with Gasteiger partial charge < -0.3 is 9.47 Å². The molecule has 18 rings (SSSR count). The summed E-state index contributed by atoms with van der Waals surface area (Å²) in [6, 6.07) is 30.6. The predicted molar refractivity (Wildman–Crippen MR) is 326 cm³/mol. The highest BCUT2D eigenvalue weighted by atomic mass is 16.5. The second-order valence-corrected chi connectivity index (χ2v) is 26.6. The van der Waals surface area contributed by atoms with E-state index >= 15 is 0 Å². The molecular formula is C76H76O4. The third-order valence-corrected chi connectivity index (χ3v) is 22.6. The molecule has 6 aliphatic carbocycles. The maximum Gasteiger partial charge on any atom is 0.307 e. The molecule has 4 heteroatoms. The molecule has 4 heterocycles. The van der Waals surface area contributed by atoms with E-state index in [-0.39, 0.29) is 59.7 Å². The van der Waals surface area contributed by atoms with Crippen LogP contribution in [0.4, 0.5) is 0 Å². The Kier molecular flexibility index (Phi) is 11.0. The highest BCUT2D eigenvalue weighted by molar-refractivity contribution is 6.22. The molecule has 8 aromatic rings. The SMILES string of the molecule is CCCCCCc1c2c3c(CCCCCC)c4cc5c(cc14)-c1ccc4c6c(ccc-5c16)[C@H]1[C@@H]4[C@@H]4CC(=O)O[C@H]1c1c4c(CCCCCC)c4cc5c(cc4c1CCCCCC)-c1ccc4c6c(ccc-5c16)[C@@H]1[C@H]4[C@H]3OC(=O)C[C@H]21. The third kappa shape index (κ3) is 6.35. The molecule has 4 bridgehead atoms. The molecule has 2 fully saturated rings. The summed E-state index contributed by atoms with van der Waals surface area (Å²) in [7, 11) is 0. The number of benzene rings is 8. The fourth-order valence-corrected chi connectivity index (χ4v) is 19.5. The van der Waals surface area contributed by atoms with Crippen LogP contribution in [0.15, 0.2) is 72.8 Å². The molecule has 0 aromatic heterocycles. The Morgan fingerprint density at radius 3 is 0.950 bits per heavy atom. The highest BCUT2D eigenvalue weighted by Gasteiger charge is 2.58. The predicted octanol–water partition coefficient (Wildman–Crippen LogP) is 20.3. The number of ether oxygens (including phenoxy) is 2. The van der Waals surface area contributed by atoms with Gasteiger partial charge in [0, 0.05) is 46.6 Å². The molecule has 10 aliphatic rings. The van der Waals surface area contributed by atoms with Crippen LogP contribution in [0, 0.1) is 0 Å². The van der Waals surface area contributed by atoms with E-state index in [2.05, 4.69) is 100 Å². The van der Waals surface area contributed by atoms with E-state index in [4.69, 9.17) is 9.47 Å². The summed E-state index contributed by atoms with van der Waals surface area (Å²) in [5, 5.41) is 11.3. The fourth-order valence-electron chi connectivity index (χ4n) is 19.5. The normalized spacial score (nSPS) is 23.4. The summed E-state index contributed by atoms with van der Waals surface area (Å²) in [6.07, 6.45) is 23.2. The van der Waals surface area contributed by atoms with Crippen LogP contribution in [0.25, 0.3) is 87.6 Å². The Hall–Kier alpha value is -6.26. The van der Waals surface area contributed by atoms with E-state index in [0.29, 0.717) is 12.8 Å². The first-order valence-corrected chi connectivity index (χ1v) is 32.3. The Bertz CT molecular complexity index is 3570. The molecule has 4 nitrogen and oxygen atoms in total. The minimum Gasteiger partial charge on any atom is -0.457 e. The Labute approximate surface area is 472 Å². The number of hydrogen-bond donors (Lipinski definition) is 0. The number of fused-ring (bicyclic) bond motifs is 12. The molecule has 4 aliphatic heterocycles. The second-order valence-electron chi connectivity index (χ2n) is 26.6. The van der Waals surface area contributed by atoms with Crippen molar-refractivity contribution in [3.8, 4) is 44.5 Å². The number of esters is 2. The van der Waals surface area contributed by atoms with Crippen LogP contribution in [0.3, 0.4) is 0 Å². The van der Waals surface area contributed by atoms with Gasteiger partial charge in [-0.05, 0) is 219 Å². The van der Waals surface area contributed by atoms with Crippen molar-refractivity contribution < 1.29 is 19.1 Å². The summed E-state index contributed by atoms with van der Waals surface area (Å²) in [4.78, 5) is 29.4. The van der Waals surface area contributed by atoms with Crippen molar-refractivity contribution in [2.24, 2.45) is 0 Å². The minimum atomic E-state index is -0.342. The molecule has 0 saturated carbocycles. The smallest absolute Gasteiger partial charge is 0.307 e. The van der Waals surface area contributed by atoms with Crippen LogP contribution in [0.2, 0.25) is 0 Å². The molecule has 80 heavy (non-hydrogen) atoms. The molecule has 2 saturated heterocycles. The van der Waals surface area contributed by atoms with Crippen molar-refractivity contribution in [1.29, 1.82) is 0 Å². The first-order chi connectivity index (χ1) is 39.4. The van der Waals surface area contributed by atoms with Crippen molar-refractivity contribution >= 4 is 55.0 Å². The van der Waals surface area contributed by atoms with Gasteiger partial charge in [0.1, 0.15) is 12.2 Å². The van der Waals surface area contributed by atoms with Crippen LogP contribution >= 0.6 is 0 Å². The zero-order valence-corrected chi connectivity index (χ0v) is 47.7. The molecule has 0 radical (unpaired) electrons. The average Bonchev–Trinajstić information content (AvgIpc) is 3.02. The van der Waals surface area contributed by atoms with Gasteiger partial charge >= 0.3 is 11.9 Å². The molecule has 404 valence electrons. The van der Waals surface area contributed by atoms with Gasteiger partial charge in [0.15, 0.2) is 0 Å². The number of hydrogen-bond acceptors (Lipinski definition) is 4. The zero-order chi connectivity index (χ0) is 53.4. The standard InChI is InChI=1S/C76H76O4/c1-5-9-13-17-21-39-51-33-55-43-25-30-48-68-50-32-27-45(63(43)68)57(55)35-53(51)41(23-19-15-11-7-3)71-65(39)59-37-61(77)79-75(71)73-49-31-28-46-58-36-54-42(24-20-16-12-8-4)72-66(60-38-62(78)80-76(72)74(50)70(48)60)40(22-18-14-10-6-2)52(54)34-56(58)44-26-29-47(69(59)73)67(49)64(44)46/h25-36,59-60,69-70,73-76H,5-24,37-38H2,1-4H3/t59-,60-,69+,70+,73+,74+,75+,76+/m1/s1. The van der Waals surface area contributed by atoms with Gasteiger partial charge in [-0.15, -0.1) is 0 Å². The monoisotopic (exact) mass is 1050 g/mol. The van der Waals surface area contributed by atoms with E-state index in [9.17, 15) is 9.59 Å². The Balaban J connectivity index is 1.01. The fraction of sp³-hybridized carbons (Fsp3) is 0.447. The largest absolute Gasteiger partial charge is 0.457 e. The molecular weight excluding hydrogens is 977 g/mol. The van der Waals surface area contributed by atoms with Crippen LogP contribution < -0.4 is 0 Å². The number of unbranched alkanes of at least 4 members (excludes halogenated alkanes) is 12. The molecule has 8 aromatic carbocycles. The molecule has 0 N–H and O–H groups in total. The average molecular weight is 1050 g/mol. The van der Waals surface area contributed by atoms with Crippen LogP contribution in [0.5, 0.6) is 0 Å². The molecule has 0 unspecified atom stereocenters. The van der Waals surface area contributed by atoms with Crippen molar-refractivity contribution in [2.75, 3.05) is 0 Å². The van der Waals surface area contributed by atoms with Crippen LogP contribution in [0.1, 0.15) is 258 Å². The van der Waals surface area contributed by atoms with Crippen molar-refractivity contribution in [3.63, 3.8) is 0 Å². The first kappa shape index (κ1) is 48.4. The van der Waals surface area contributed by atoms with Gasteiger partial charge in [0.25, 0.3) is 0 Å². The summed E-state index contributed by atoms with van der Waals surface area (Å²) in [5.74, 6) is 0.438. The zero-order valence-electron chi connectivity index (χ0n) is 47.7. The number of carbonyl (C=O) groups is 2. The van der Waals surface area contributed by atoms with Gasteiger partial charge in [-0.2, -0.15) is 0 Å². The lowest BCUT2D eigenvalue weighted by Gasteiger charge is -2.41. The maximum absolute atomic E-state index is 14.7. The highest BCUT2D eigenvalue weighted by Crippen LogP contribution is 2.71. The molecule has 0 amide bonds. The quantitative estimate of drug-likeness (QED) is 0.0564. The maximum atomic E-state index is 14.7.